The highest BCUT2D eigenvalue weighted by atomic mass is 35.5. The van der Waals surface area contributed by atoms with Gasteiger partial charge in [0.15, 0.2) is 0 Å². The summed E-state index contributed by atoms with van der Waals surface area (Å²) in [6.45, 7) is 0. The van der Waals surface area contributed by atoms with Gasteiger partial charge in [0, 0.05) is 5.69 Å². The van der Waals surface area contributed by atoms with Gasteiger partial charge in [0.25, 0.3) is 0 Å². The van der Waals surface area contributed by atoms with Crippen molar-refractivity contribution in [3.63, 3.8) is 0 Å². The minimum absolute atomic E-state index is 0.0766. The van der Waals surface area contributed by atoms with E-state index in [1.165, 1.54) is 6.07 Å². The minimum Gasteiger partial charge on any atom is -0.326 e. The van der Waals surface area contributed by atoms with Gasteiger partial charge in [0.2, 0.25) is 5.91 Å². The first-order chi connectivity index (χ1) is 6.88. The molecule has 2 nitrogen and oxygen atoms in total. The molecule has 0 atom stereocenters. The van der Waals surface area contributed by atoms with Crippen molar-refractivity contribution in [2.45, 2.75) is 12.6 Å². The van der Waals surface area contributed by atoms with Gasteiger partial charge < -0.3 is 5.32 Å². The molecule has 0 saturated heterocycles. The molecule has 0 aromatic heterocycles. The van der Waals surface area contributed by atoms with E-state index in [9.17, 15) is 18.0 Å². The van der Waals surface area contributed by atoms with Gasteiger partial charge in [-0.1, -0.05) is 11.6 Å². The Hall–Kier alpha value is -1.23. The van der Waals surface area contributed by atoms with Crippen molar-refractivity contribution >= 4 is 23.2 Å². The smallest absolute Gasteiger partial charge is 0.326 e. The Morgan fingerprint density at radius 3 is 2.60 bits per heavy atom. The van der Waals surface area contributed by atoms with Gasteiger partial charge in [-0.3, -0.25) is 4.79 Å². The maximum Gasteiger partial charge on any atom is 0.417 e. The molecule has 0 unspecified atom stereocenters. The summed E-state index contributed by atoms with van der Waals surface area (Å²) in [6.07, 6.45) is -4.42. The first-order valence-corrected chi connectivity index (χ1v) is 4.45. The molecule has 1 N–H and O–H groups in total. The van der Waals surface area contributed by atoms with Crippen LogP contribution in [-0.4, -0.2) is 5.91 Å². The molecule has 6 heteroatoms. The van der Waals surface area contributed by atoms with Gasteiger partial charge in [-0.05, 0) is 17.7 Å². The van der Waals surface area contributed by atoms with E-state index in [2.05, 4.69) is 5.32 Å². The second-order valence-electron chi connectivity index (χ2n) is 3.21. The molecule has 1 amide bonds. The van der Waals surface area contributed by atoms with E-state index in [0.717, 1.165) is 6.07 Å². The number of carbonyl (C=O) groups is 1. The number of benzene rings is 1. The van der Waals surface area contributed by atoms with Gasteiger partial charge in [-0.25, -0.2) is 0 Å². The number of hydrogen-bond acceptors (Lipinski definition) is 1. The van der Waals surface area contributed by atoms with Crippen molar-refractivity contribution in [3.8, 4) is 0 Å². The lowest BCUT2D eigenvalue weighted by molar-refractivity contribution is -0.137. The van der Waals surface area contributed by atoms with Crippen LogP contribution in [0.3, 0.4) is 0 Å². The Morgan fingerprint density at radius 1 is 1.33 bits per heavy atom. The van der Waals surface area contributed by atoms with E-state index in [1.54, 1.807) is 0 Å². The van der Waals surface area contributed by atoms with Crippen molar-refractivity contribution in [2.24, 2.45) is 0 Å². The lowest BCUT2D eigenvalue weighted by Gasteiger charge is -2.10. The van der Waals surface area contributed by atoms with Crippen LogP contribution in [0.4, 0.5) is 18.9 Å². The molecular weight excluding hydrogens is 231 g/mol. The van der Waals surface area contributed by atoms with Crippen LogP contribution < -0.4 is 5.32 Å². The molecule has 0 bridgehead atoms. The quantitative estimate of drug-likeness (QED) is 0.736. The maximum absolute atomic E-state index is 12.4. The second-order valence-corrected chi connectivity index (χ2v) is 3.62. The molecule has 1 aliphatic rings. The first kappa shape index (κ1) is 10.3. The lowest BCUT2D eigenvalue weighted by atomic mass is 10.1. The standard InChI is InChI=1S/C9H5ClF3NO/c10-6-1-4-2-8(15)14-7(4)3-5(6)9(11,12)13/h1,3H,2H2,(H,14,15). The van der Waals surface area contributed by atoms with E-state index >= 15 is 0 Å². The molecule has 80 valence electrons. The number of halogens is 4. The van der Waals surface area contributed by atoms with Gasteiger partial charge in [-0.2, -0.15) is 13.2 Å². The van der Waals surface area contributed by atoms with Crippen LogP contribution in [0.1, 0.15) is 11.1 Å². The predicted molar refractivity (Wildman–Crippen MR) is 48.8 cm³/mol. The van der Waals surface area contributed by atoms with Gasteiger partial charge in [-0.15, -0.1) is 0 Å². The highest BCUT2D eigenvalue weighted by molar-refractivity contribution is 6.31. The number of alkyl halides is 3. The van der Waals surface area contributed by atoms with Gasteiger partial charge in [0.1, 0.15) is 0 Å². The summed E-state index contributed by atoms with van der Waals surface area (Å²) in [4.78, 5) is 10.9. The molecule has 0 saturated carbocycles. The predicted octanol–water partition coefficient (Wildman–Crippen LogP) is 2.85. The monoisotopic (exact) mass is 235 g/mol. The second kappa shape index (κ2) is 3.13. The lowest BCUT2D eigenvalue weighted by Crippen LogP contribution is -2.07. The molecule has 0 fully saturated rings. The van der Waals surface area contributed by atoms with Crippen molar-refractivity contribution in [1.82, 2.24) is 0 Å². The third-order valence-corrected chi connectivity index (χ3v) is 2.44. The van der Waals surface area contributed by atoms with E-state index in [4.69, 9.17) is 11.6 Å². The van der Waals surface area contributed by atoms with Crippen molar-refractivity contribution < 1.29 is 18.0 Å². The first-order valence-electron chi connectivity index (χ1n) is 4.07. The number of nitrogens with one attached hydrogen (secondary N) is 1. The maximum atomic E-state index is 12.4. The topological polar surface area (TPSA) is 29.1 Å². The fraction of sp³-hybridized carbons (Fsp3) is 0.222. The molecule has 0 aliphatic carbocycles. The highest BCUT2D eigenvalue weighted by Gasteiger charge is 2.35. The number of carbonyl (C=O) groups excluding carboxylic acids is 1. The Bertz CT molecular complexity index is 442. The average Bonchev–Trinajstić information content (AvgIpc) is 2.40. The Kier molecular flexibility index (Phi) is 2.15. The van der Waals surface area contributed by atoms with Crippen LogP contribution in [0.15, 0.2) is 12.1 Å². The highest BCUT2D eigenvalue weighted by Crippen LogP contribution is 2.39. The number of anilines is 1. The van der Waals surface area contributed by atoms with Crippen LogP contribution in [0.5, 0.6) is 0 Å². The van der Waals surface area contributed by atoms with E-state index < -0.39 is 11.7 Å². The molecule has 2 rings (SSSR count). The van der Waals surface area contributed by atoms with Gasteiger partial charge >= 0.3 is 6.18 Å². The molecule has 0 radical (unpaired) electrons. The zero-order chi connectivity index (χ0) is 11.2. The summed E-state index contributed by atoms with van der Waals surface area (Å²) in [7, 11) is 0. The summed E-state index contributed by atoms with van der Waals surface area (Å²) < 4.78 is 37.3. The zero-order valence-electron chi connectivity index (χ0n) is 7.28. The van der Waals surface area contributed by atoms with Crippen LogP contribution >= 0.6 is 11.6 Å². The average molecular weight is 236 g/mol. The zero-order valence-corrected chi connectivity index (χ0v) is 8.04. The summed E-state index contributed by atoms with van der Waals surface area (Å²) in [6, 6.07) is 2.04. The summed E-state index contributed by atoms with van der Waals surface area (Å²) in [5.74, 6) is -0.319. The third kappa shape index (κ3) is 1.79. The normalized spacial score (nSPS) is 15.1. The number of fused-ring (bicyclic) bond motifs is 1. The molecular formula is C9H5ClF3NO. The molecule has 1 aromatic rings. The summed E-state index contributed by atoms with van der Waals surface area (Å²) >= 11 is 5.48. The van der Waals surface area contributed by atoms with Crippen molar-refractivity contribution in [1.29, 1.82) is 0 Å². The Labute approximate surface area is 88.0 Å². The third-order valence-electron chi connectivity index (χ3n) is 2.12. The molecule has 1 aromatic carbocycles. The summed E-state index contributed by atoms with van der Waals surface area (Å²) in [5, 5.41) is 1.96. The molecule has 0 spiro atoms. The molecule has 1 heterocycles. The van der Waals surface area contributed by atoms with Crippen molar-refractivity contribution in [2.75, 3.05) is 5.32 Å². The fourth-order valence-electron chi connectivity index (χ4n) is 1.46. The van der Waals surface area contributed by atoms with E-state index in [1.807, 2.05) is 0 Å². The van der Waals surface area contributed by atoms with Crippen LogP contribution in [0, 0.1) is 0 Å². The van der Waals surface area contributed by atoms with E-state index in [-0.39, 0.29) is 23.0 Å². The Morgan fingerprint density at radius 2 is 2.00 bits per heavy atom. The molecule has 15 heavy (non-hydrogen) atoms. The van der Waals surface area contributed by atoms with E-state index in [0.29, 0.717) is 5.56 Å². The minimum atomic E-state index is -4.50. The summed E-state index contributed by atoms with van der Waals surface area (Å²) in [5.41, 5.74) is -0.236. The van der Waals surface area contributed by atoms with Gasteiger partial charge in [0.05, 0.1) is 17.0 Å². The van der Waals surface area contributed by atoms with Crippen LogP contribution in [-0.2, 0) is 17.4 Å². The van der Waals surface area contributed by atoms with Crippen LogP contribution in [0.25, 0.3) is 0 Å². The number of amides is 1. The Balaban J connectivity index is 2.54. The molecule has 1 aliphatic heterocycles. The number of hydrogen-bond donors (Lipinski definition) is 1. The largest absolute Gasteiger partial charge is 0.417 e. The number of rotatable bonds is 0. The van der Waals surface area contributed by atoms with Crippen LogP contribution in [0.2, 0.25) is 5.02 Å². The fourth-order valence-corrected chi connectivity index (χ4v) is 1.76. The SMILES string of the molecule is O=C1Cc2cc(Cl)c(C(F)(F)F)cc2N1. The van der Waals surface area contributed by atoms with Crippen molar-refractivity contribution in [3.05, 3.63) is 28.3 Å².